The van der Waals surface area contributed by atoms with Crippen LogP contribution in [0.1, 0.15) is 30.8 Å². The van der Waals surface area contributed by atoms with Gasteiger partial charge in [-0.1, -0.05) is 0 Å². The largest absolute Gasteiger partial charge is 0.737 e. The Morgan fingerprint density at radius 1 is 1.15 bits per heavy atom. The van der Waals surface area contributed by atoms with E-state index in [1.54, 1.807) is 13.8 Å². The molecule has 0 atom stereocenters. The lowest BCUT2D eigenvalue weighted by atomic mass is 9.89. The molecule has 1 aromatic heterocycles. The fourth-order valence-electron chi connectivity index (χ4n) is 3.10. The van der Waals surface area contributed by atoms with Crippen molar-refractivity contribution in [1.29, 1.82) is 0 Å². The molecule has 0 N–H and O–H groups in total. The zero-order chi connectivity index (χ0) is 15.0. The average molecular weight is 500 g/mol. The second-order valence-corrected chi connectivity index (χ2v) is 7.45. The minimum absolute atomic E-state index is 0.640. The number of allylic oxidation sites excluding steroid dienone is 2. The van der Waals surface area contributed by atoms with Crippen molar-refractivity contribution < 1.29 is 13.1 Å². The van der Waals surface area contributed by atoms with Gasteiger partial charge in [-0.2, -0.15) is 0 Å². The molecule has 0 unspecified atom stereocenters. The van der Waals surface area contributed by atoms with Gasteiger partial charge in [0.05, 0.1) is 3.58 Å². The molecule has 0 bridgehead atoms. The molecule has 0 radical (unpaired) electrons. The van der Waals surface area contributed by atoms with Crippen LogP contribution >= 0.6 is 45.2 Å². The van der Waals surface area contributed by atoms with Gasteiger partial charge in [-0.15, -0.1) is 0 Å². The molecule has 1 aromatic rings. The van der Waals surface area contributed by atoms with Gasteiger partial charge in [0, 0.05) is 27.8 Å². The summed E-state index contributed by atoms with van der Waals surface area (Å²) in [6.45, 7) is 3.54. The summed E-state index contributed by atoms with van der Waals surface area (Å²) < 4.78 is 34.4. The van der Waals surface area contributed by atoms with Crippen molar-refractivity contribution >= 4 is 63.9 Å². The van der Waals surface area contributed by atoms with E-state index in [4.69, 9.17) is 0 Å². The topological polar surface area (TPSA) is 7.94 Å². The van der Waals surface area contributed by atoms with Gasteiger partial charge in [0.2, 0.25) is 0 Å². The van der Waals surface area contributed by atoms with Gasteiger partial charge >= 0.3 is 6.97 Å². The summed E-state index contributed by atoms with van der Waals surface area (Å²) in [6, 6.07) is 0. The molecule has 7 heteroatoms. The zero-order valence-electron chi connectivity index (χ0n) is 11.6. The Bertz CT molecular complexity index is 757. The summed E-state index contributed by atoms with van der Waals surface area (Å²) in [5.74, 6) is 0. The lowest BCUT2D eigenvalue weighted by molar-refractivity contribution is -0.362. The van der Waals surface area contributed by atoms with Crippen LogP contribution in [0.4, 0.5) is 8.63 Å². The number of aromatic nitrogens is 1. The van der Waals surface area contributed by atoms with E-state index in [9.17, 15) is 0 Å². The van der Waals surface area contributed by atoms with E-state index in [0.717, 1.165) is 18.3 Å². The first-order valence-electron chi connectivity index (χ1n) is 6.30. The second-order valence-electron chi connectivity index (χ2n) is 5.29. The maximum absolute atomic E-state index is 15.1. The summed E-state index contributed by atoms with van der Waals surface area (Å²) in [4.78, 5) is 0. The standard InChI is InChI=1S/C13H13BF2I2N2/c1-6-10-5-11-7(2)13(18)9(4)20(11)14(15,16)19(10)8(3)12(6)17/h5H,1-4H3. The van der Waals surface area contributed by atoms with E-state index < -0.39 is 6.97 Å². The number of fused-ring (bicyclic) bond motifs is 2. The summed E-state index contributed by atoms with van der Waals surface area (Å²) in [7, 11) is 0. The van der Waals surface area contributed by atoms with Crippen molar-refractivity contribution in [2.45, 2.75) is 27.7 Å². The Balaban J connectivity index is 2.44. The van der Waals surface area contributed by atoms with Crippen LogP contribution in [-0.2, 0) is 0 Å². The molecule has 3 rings (SSSR count). The third-order valence-electron chi connectivity index (χ3n) is 4.20. The normalized spacial score (nSPS) is 20.3. The Hall–Kier alpha value is -0.185. The molecule has 0 saturated heterocycles. The highest BCUT2D eigenvalue weighted by Crippen LogP contribution is 2.41. The number of nitrogens with zero attached hydrogens (tertiary/aromatic N) is 2. The van der Waals surface area contributed by atoms with Gasteiger partial charge in [0.1, 0.15) is 5.71 Å². The van der Waals surface area contributed by atoms with Gasteiger partial charge < -0.3 is 17.6 Å². The molecule has 2 nitrogen and oxygen atoms in total. The first-order valence-corrected chi connectivity index (χ1v) is 8.46. The van der Waals surface area contributed by atoms with Crippen molar-refractivity contribution in [2.75, 3.05) is 0 Å². The van der Waals surface area contributed by atoms with Crippen LogP contribution in [0.15, 0.2) is 14.8 Å². The van der Waals surface area contributed by atoms with Crippen LogP contribution in [0.5, 0.6) is 0 Å². The molecule has 0 amide bonds. The number of hydrogen-bond donors (Lipinski definition) is 0. The zero-order valence-corrected chi connectivity index (χ0v) is 15.9. The van der Waals surface area contributed by atoms with Crippen molar-refractivity contribution in [3.8, 4) is 0 Å². The Morgan fingerprint density at radius 3 is 2.35 bits per heavy atom. The van der Waals surface area contributed by atoms with E-state index in [1.165, 1.54) is 8.96 Å². The summed E-state index contributed by atoms with van der Waals surface area (Å²) >= 11 is 4.31. The van der Waals surface area contributed by atoms with Crippen LogP contribution in [0.25, 0.3) is 6.08 Å². The van der Waals surface area contributed by atoms with E-state index in [1.807, 2.05) is 19.9 Å². The molecule has 20 heavy (non-hydrogen) atoms. The van der Waals surface area contributed by atoms with Crippen molar-refractivity contribution in [2.24, 2.45) is 0 Å². The highest BCUT2D eigenvalue weighted by atomic mass is 127. The first kappa shape index (κ1) is 14.7. The molecule has 2 aliphatic rings. The quantitative estimate of drug-likeness (QED) is 0.367. The van der Waals surface area contributed by atoms with E-state index in [2.05, 4.69) is 45.2 Å². The summed E-state index contributed by atoms with van der Waals surface area (Å²) in [6.07, 6.45) is 1.90. The molecule has 2 aliphatic heterocycles. The molecule has 0 saturated carbocycles. The van der Waals surface area contributed by atoms with E-state index in [0.29, 0.717) is 22.8 Å². The minimum atomic E-state index is -3.82. The van der Waals surface area contributed by atoms with Gasteiger partial charge in [-0.25, -0.2) is 0 Å². The molecule has 0 aromatic carbocycles. The maximum atomic E-state index is 15.1. The number of rotatable bonds is 0. The predicted octanol–water partition coefficient (Wildman–Crippen LogP) is 4.48. The molecule has 106 valence electrons. The molecule has 3 heterocycles. The molecule has 0 aliphatic carbocycles. The summed E-state index contributed by atoms with van der Waals surface area (Å²) in [5.41, 5.74) is 4.44. The smallest absolute Gasteiger partial charge is 0.393 e. The lowest BCUT2D eigenvalue weighted by Gasteiger charge is -2.30. The highest BCUT2D eigenvalue weighted by Gasteiger charge is 2.54. The first-order chi connectivity index (χ1) is 9.19. The highest BCUT2D eigenvalue weighted by molar-refractivity contribution is 14.1. The van der Waals surface area contributed by atoms with Gasteiger partial charge in [0.25, 0.3) is 0 Å². The Morgan fingerprint density at radius 2 is 1.75 bits per heavy atom. The third kappa shape index (κ3) is 1.62. The molecule has 0 fully saturated rings. The van der Waals surface area contributed by atoms with Crippen LogP contribution in [0.2, 0.25) is 0 Å². The van der Waals surface area contributed by atoms with E-state index in [-0.39, 0.29) is 0 Å². The monoisotopic (exact) mass is 500 g/mol. The minimum Gasteiger partial charge on any atom is -0.393 e. The van der Waals surface area contributed by atoms with Crippen LogP contribution < -0.4 is 0 Å². The van der Waals surface area contributed by atoms with Gasteiger partial charge in [0.15, 0.2) is 5.70 Å². The molecular formula is C13H13BF2I2N2. The Kier molecular flexibility index (Phi) is 3.25. The van der Waals surface area contributed by atoms with Crippen LogP contribution in [-0.4, -0.2) is 21.6 Å². The third-order valence-corrected chi connectivity index (χ3v) is 7.38. The summed E-state index contributed by atoms with van der Waals surface area (Å²) in [5, 5.41) is 0. The fourth-order valence-corrected chi connectivity index (χ4v) is 4.18. The van der Waals surface area contributed by atoms with Crippen molar-refractivity contribution in [1.82, 2.24) is 4.48 Å². The Labute approximate surface area is 144 Å². The molecule has 0 spiro atoms. The number of hydrogen-bond acceptors (Lipinski definition) is 0. The van der Waals surface area contributed by atoms with Crippen LogP contribution in [0.3, 0.4) is 0 Å². The fraction of sp³-hybridized carbons (Fsp3) is 0.308. The predicted molar refractivity (Wildman–Crippen MR) is 95.6 cm³/mol. The van der Waals surface area contributed by atoms with Crippen molar-refractivity contribution in [3.63, 3.8) is 0 Å². The SMILES string of the molecule is CC1=C(I)C(C)=[N+]2C1=Cc1c(C)c(I)c(C)n1[B-]2(F)F. The second kappa shape index (κ2) is 4.41. The van der Waals surface area contributed by atoms with Crippen LogP contribution in [0, 0.1) is 17.4 Å². The van der Waals surface area contributed by atoms with Gasteiger partial charge in [-0.3, -0.25) is 0 Å². The lowest BCUT2D eigenvalue weighted by Crippen LogP contribution is -2.50. The molecular weight excluding hydrogens is 487 g/mol. The van der Waals surface area contributed by atoms with Crippen molar-refractivity contribution in [3.05, 3.63) is 35.4 Å². The average Bonchev–Trinajstić information content (AvgIpc) is 2.73. The van der Waals surface area contributed by atoms with Gasteiger partial charge in [-0.05, 0) is 77.2 Å². The maximum Gasteiger partial charge on any atom is 0.737 e. The number of halogens is 4. The van der Waals surface area contributed by atoms with E-state index >= 15 is 8.63 Å².